The molecule has 1 aromatic rings. The molecule has 0 amide bonds. The Balaban J connectivity index is 1.84. The first-order valence-electron chi connectivity index (χ1n) is 7.44. The van der Waals surface area contributed by atoms with Crippen molar-refractivity contribution in [3.63, 3.8) is 0 Å². The Morgan fingerprint density at radius 3 is 3.05 bits per heavy atom. The highest BCUT2D eigenvalue weighted by Crippen LogP contribution is 2.21. The molecule has 0 radical (unpaired) electrons. The van der Waals surface area contributed by atoms with Gasteiger partial charge in [0.05, 0.1) is 0 Å². The predicted octanol–water partition coefficient (Wildman–Crippen LogP) is 1.62. The molecule has 0 aliphatic carbocycles. The molecule has 0 aromatic carbocycles. The maximum Gasteiger partial charge on any atom is 0.226 e. The maximum absolute atomic E-state index is 5.48. The van der Waals surface area contributed by atoms with Crippen molar-refractivity contribution in [1.82, 2.24) is 15.0 Å². The smallest absolute Gasteiger partial charge is 0.226 e. The highest BCUT2D eigenvalue weighted by molar-refractivity contribution is 4.90. The first kappa shape index (κ1) is 14.5. The van der Waals surface area contributed by atoms with E-state index in [9.17, 15) is 0 Å². The monoisotopic (exact) mass is 266 g/mol. The SMILES string of the molecule is CC(C)N1CCCC(Cc2noc(CCCN)n2)C1. The van der Waals surface area contributed by atoms with Gasteiger partial charge in [-0.15, -0.1) is 0 Å². The van der Waals surface area contributed by atoms with Crippen LogP contribution in [0.3, 0.4) is 0 Å². The summed E-state index contributed by atoms with van der Waals surface area (Å²) in [6.45, 7) is 7.58. The van der Waals surface area contributed by atoms with E-state index in [-0.39, 0.29) is 0 Å². The van der Waals surface area contributed by atoms with Gasteiger partial charge in [-0.2, -0.15) is 4.98 Å². The van der Waals surface area contributed by atoms with Crippen LogP contribution in [0.15, 0.2) is 4.52 Å². The Labute approximate surface area is 115 Å². The molecule has 2 heterocycles. The van der Waals surface area contributed by atoms with Crippen LogP contribution in [0.25, 0.3) is 0 Å². The van der Waals surface area contributed by atoms with E-state index in [0.29, 0.717) is 18.5 Å². The molecule has 1 aliphatic rings. The zero-order valence-electron chi connectivity index (χ0n) is 12.1. The van der Waals surface area contributed by atoms with Gasteiger partial charge in [-0.25, -0.2) is 0 Å². The van der Waals surface area contributed by atoms with Gasteiger partial charge in [-0.1, -0.05) is 5.16 Å². The molecular weight excluding hydrogens is 240 g/mol. The highest BCUT2D eigenvalue weighted by Gasteiger charge is 2.23. The summed E-state index contributed by atoms with van der Waals surface area (Å²) < 4.78 is 5.25. The summed E-state index contributed by atoms with van der Waals surface area (Å²) >= 11 is 0. The lowest BCUT2D eigenvalue weighted by Gasteiger charge is -2.35. The van der Waals surface area contributed by atoms with Crippen molar-refractivity contribution in [2.24, 2.45) is 11.7 Å². The van der Waals surface area contributed by atoms with E-state index in [4.69, 9.17) is 10.3 Å². The van der Waals surface area contributed by atoms with Crippen LogP contribution in [0.2, 0.25) is 0 Å². The van der Waals surface area contributed by atoms with Gasteiger partial charge in [0.25, 0.3) is 0 Å². The lowest BCUT2D eigenvalue weighted by atomic mass is 9.94. The minimum absolute atomic E-state index is 0.633. The zero-order valence-corrected chi connectivity index (χ0v) is 12.1. The molecule has 5 nitrogen and oxygen atoms in total. The van der Waals surface area contributed by atoms with Gasteiger partial charge in [-0.3, -0.25) is 0 Å². The van der Waals surface area contributed by atoms with Crippen molar-refractivity contribution in [3.05, 3.63) is 11.7 Å². The van der Waals surface area contributed by atoms with Crippen molar-refractivity contribution in [2.45, 2.75) is 52.0 Å². The molecule has 1 atom stereocenters. The number of aryl methyl sites for hydroxylation is 1. The standard InChI is InChI=1S/C14H26N4O/c1-11(2)18-8-4-5-12(10-18)9-13-16-14(19-17-13)6-3-7-15/h11-12H,3-10,15H2,1-2H3. The molecular formula is C14H26N4O. The molecule has 0 bridgehead atoms. The van der Waals surface area contributed by atoms with Crippen molar-refractivity contribution >= 4 is 0 Å². The number of rotatable bonds is 6. The zero-order chi connectivity index (χ0) is 13.7. The number of nitrogens with two attached hydrogens (primary N) is 1. The van der Waals surface area contributed by atoms with Gasteiger partial charge < -0.3 is 15.2 Å². The Kier molecular flexibility index (Phi) is 5.34. The van der Waals surface area contributed by atoms with Crippen molar-refractivity contribution in [2.75, 3.05) is 19.6 Å². The van der Waals surface area contributed by atoms with E-state index >= 15 is 0 Å². The third kappa shape index (κ3) is 4.28. The summed E-state index contributed by atoms with van der Waals surface area (Å²) in [6.07, 6.45) is 5.20. The second-order valence-corrected chi connectivity index (χ2v) is 5.80. The van der Waals surface area contributed by atoms with E-state index in [1.807, 2.05) is 0 Å². The molecule has 1 saturated heterocycles. The summed E-state index contributed by atoms with van der Waals surface area (Å²) in [5.41, 5.74) is 5.48. The maximum atomic E-state index is 5.48. The summed E-state index contributed by atoms with van der Waals surface area (Å²) in [5, 5.41) is 4.09. The van der Waals surface area contributed by atoms with Gasteiger partial charge in [0, 0.05) is 25.4 Å². The van der Waals surface area contributed by atoms with Gasteiger partial charge in [0.1, 0.15) is 0 Å². The number of nitrogens with zero attached hydrogens (tertiary/aromatic N) is 3. The van der Waals surface area contributed by atoms with Crippen molar-refractivity contribution in [1.29, 1.82) is 0 Å². The van der Waals surface area contributed by atoms with Gasteiger partial charge in [0.15, 0.2) is 5.82 Å². The second-order valence-electron chi connectivity index (χ2n) is 5.80. The van der Waals surface area contributed by atoms with E-state index in [0.717, 1.165) is 37.5 Å². The Hall–Kier alpha value is -0.940. The first-order valence-corrected chi connectivity index (χ1v) is 7.44. The topological polar surface area (TPSA) is 68.2 Å². The van der Waals surface area contributed by atoms with Crippen LogP contribution in [-0.4, -0.2) is 40.7 Å². The lowest BCUT2D eigenvalue weighted by Crippen LogP contribution is -2.40. The molecule has 108 valence electrons. The molecule has 2 N–H and O–H groups in total. The number of aromatic nitrogens is 2. The quantitative estimate of drug-likeness (QED) is 0.847. The van der Waals surface area contributed by atoms with Crippen LogP contribution in [0.5, 0.6) is 0 Å². The van der Waals surface area contributed by atoms with E-state index < -0.39 is 0 Å². The molecule has 0 spiro atoms. The summed E-state index contributed by atoms with van der Waals surface area (Å²) in [7, 11) is 0. The fourth-order valence-corrected chi connectivity index (χ4v) is 2.72. The Morgan fingerprint density at radius 2 is 2.32 bits per heavy atom. The largest absolute Gasteiger partial charge is 0.339 e. The molecule has 19 heavy (non-hydrogen) atoms. The van der Waals surface area contributed by atoms with Crippen LogP contribution in [-0.2, 0) is 12.8 Å². The lowest BCUT2D eigenvalue weighted by molar-refractivity contribution is 0.138. The van der Waals surface area contributed by atoms with Crippen LogP contribution in [0.1, 0.15) is 44.8 Å². The highest BCUT2D eigenvalue weighted by atomic mass is 16.5. The molecule has 0 saturated carbocycles. The fourth-order valence-electron chi connectivity index (χ4n) is 2.72. The van der Waals surface area contributed by atoms with Crippen molar-refractivity contribution < 1.29 is 4.52 Å². The summed E-state index contributed by atoms with van der Waals surface area (Å²) in [4.78, 5) is 7.01. The molecule has 5 heteroatoms. The fraction of sp³-hybridized carbons (Fsp3) is 0.857. The van der Waals surface area contributed by atoms with E-state index in [2.05, 4.69) is 28.9 Å². The third-order valence-corrected chi connectivity index (χ3v) is 3.86. The number of likely N-dealkylation sites (tertiary alicyclic amines) is 1. The molecule has 1 unspecified atom stereocenters. The van der Waals surface area contributed by atoms with Crippen LogP contribution < -0.4 is 5.73 Å². The molecule has 2 rings (SSSR count). The minimum atomic E-state index is 0.633. The van der Waals surface area contributed by atoms with Gasteiger partial charge in [-0.05, 0) is 52.1 Å². The number of hydrogen-bond acceptors (Lipinski definition) is 5. The summed E-state index contributed by atoms with van der Waals surface area (Å²) in [5.74, 6) is 2.26. The Morgan fingerprint density at radius 1 is 1.47 bits per heavy atom. The van der Waals surface area contributed by atoms with Crippen LogP contribution >= 0.6 is 0 Å². The third-order valence-electron chi connectivity index (χ3n) is 3.86. The Bertz CT molecular complexity index is 377. The molecule has 1 aliphatic heterocycles. The predicted molar refractivity (Wildman–Crippen MR) is 74.8 cm³/mol. The average Bonchev–Trinajstić information content (AvgIpc) is 2.84. The summed E-state index contributed by atoms with van der Waals surface area (Å²) in [6, 6.07) is 0.633. The number of piperidine rings is 1. The molecule has 1 fully saturated rings. The van der Waals surface area contributed by atoms with Gasteiger partial charge >= 0.3 is 0 Å². The minimum Gasteiger partial charge on any atom is -0.339 e. The normalized spacial score (nSPS) is 21.2. The van der Waals surface area contributed by atoms with Gasteiger partial charge in [0.2, 0.25) is 5.89 Å². The number of hydrogen-bond donors (Lipinski definition) is 1. The second kappa shape index (κ2) is 7.01. The van der Waals surface area contributed by atoms with E-state index in [1.54, 1.807) is 0 Å². The van der Waals surface area contributed by atoms with E-state index in [1.165, 1.54) is 19.4 Å². The molecule has 1 aromatic heterocycles. The first-order chi connectivity index (χ1) is 9.19. The average molecular weight is 266 g/mol. The van der Waals surface area contributed by atoms with Crippen molar-refractivity contribution in [3.8, 4) is 0 Å². The van der Waals surface area contributed by atoms with Crippen LogP contribution in [0.4, 0.5) is 0 Å². The van der Waals surface area contributed by atoms with Crippen LogP contribution in [0, 0.1) is 5.92 Å².